The Kier molecular flexibility index (Phi) is 5.08. The Labute approximate surface area is 113 Å². The highest BCUT2D eigenvalue weighted by Gasteiger charge is 2.15. The predicted octanol–water partition coefficient (Wildman–Crippen LogP) is 1.30. The maximum absolute atomic E-state index is 11.7. The van der Waals surface area contributed by atoms with E-state index in [0.717, 1.165) is 11.8 Å². The highest BCUT2D eigenvalue weighted by molar-refractivity contribution is 7.90. The summed E-state index contributed by atoms with van der Waals surface area (Å²) in [5.74, 6) is -0.206. The summed E-state index contributed by atoms with van der Waals surface area (Å²) in [7, 11) is -1.73. The van der Waals surface area contributed by atoms with Crippen molar-refractivity contribution >= 4 is 15.7 Å². The molecule has 106 valence electrons. The second-order valence-electron chi connectivity index (χ2n) is 4.45. The minimum atomic E-state index is -3.19. The molecule has 0 fully saturated rings. The van der Waals surface area contributed by atoms with E-state index in [4.69, 9.17) is 4.74 Å². The van der Waals surface area contributed by atoms with Crippen LogP contribution in [0, 0.1) is 0 Å². The third-order valence-corrected chi connectivity index (χ3v) is 4.02. The largest absolute Gasteiger partial charge is 0.372 e. The molecule has 1 rings (SSSR count). The number of rotatable bonds is 5. The molecule has 2 unspecified atom stereocenters. The third-order valence-electron chi connectivity index (χ3n) is 2.89. The van der Waals surface area contributed by atoms with Gasteiger partial charge in [-0.2, -0.15) is 0 Å². The van der Waals surface area contributed by atoms with Gasteiger partial charge in [-0.1, -0.05) is 12.1 Å². The second-order valence-corrected chi connectivity index (χ2v) is 6.47. The molecular formula is C13H19NO4S. The van der Waals surface area contributed by atoms with E-state index >= 15 is 0 Å². The number of methoxy groups -OCH3 is 1. The molecule has 0 heterocycles. The van der Waals surface area contributed by atoms with E-state index in [1.807, 2.05) is 6.92 Å². The average Bonchev–Trinajstić information content (AvgIpc) is 2.36. The molecule has 0 spiro atoms. The maximum atomic E-state index is 11.7. The van der Waals surface area contributed by atoms with E-state index in [9.17, 15) is 13.2 Å². The van der Waals surface area contributed by atoms with Gasteiger partial charge in [-0.05, 0) is 31.5 Å². The van der Waals surface area contributed by atoms with E-state index in [2.05, 4.69) is 5.32 Å². The van der Waals surface area contributed by atoms with E-state index in [0.29, 0.717) is 0 Å². The summed E-state index contributed by atoms with van der Waals surface area (Å²) in [6.45, 7) is 3.49. The van der Waals surface area contributed by atoms with Gasteiger partial charge in [0.15, 0.2) is 9.84 Å². The van der Waals surface area contributed by atoms with Gasteiger partial charge in [0, 0.05) is 13.4 Å². The van der Waals surface area contributed by atoms with Gasteiger partial charge >= 0.3 is 0 Å². The highest BCUT2D eigenvalue weighted by Crippen LogP contribution is 2.16. The first-order chi connectivity index (χ1) is 8.75. The topological polar surface area (TPSA) is 72.5 Å². The number of nitrogens with one attached hydrogen (secondary N) is 1. The zero-order chi connectivity index (χ0) is 14.6. The minimum Gasteiger partial charge on any atom is -0.372 e. The minimum absolute atomic E-state index is 0.206. The molecule has 0 aliphatic carbocycles. The number of carbonyl (C=O) groups excluding carboxylic acids is 1. The molecule has 0 radical (unpaired) electrons. The molecular weight excluding hydrogens is 266 g/mol. The van der Waals surface area contributed by atoms with Gasteiger partial charge in [0.1, 0.15) is 6.10 Å². The van der Waals surface area contributed by atoms with Crippen LogP contribution in [0.5, 0.6) is 0 Å². The van der Waals surface area contributed by atoms with Crippen molar-refractivity contribution in [1.29, 1.82) is 0 Å². The predicted molar refractivity (Wildman–Crippen MR) is 72.6 cm³/mol. The number of benzene rings is 1. The SMILES string of the molecule is COC(C)C(=O)NC(C)c1ccc(S(C)(=O)=O)cc1. The smallest absolute Gasteiger partial charge is 0.249 e. The van der Waals surface area contributed by atoms with Crippen molar-refractivity contribution in [2.75, 3.05) is 13.4 Å². The summed E-state index contributed by atoms with van der Waals surface area (Å²) in [5.41, 5.74) is 0.837. The maximum Gasteiger partial charge on any atom is 0.249 e. The lowest BCUT2D eigenvalue weighted by molar-refractivity contribution is -0.130. The molecule has 1 aromatic rings. The molecule has 5 nitrogen and oxygen atoms in total. The van der Waals surface area contributed by atoms with Crippen LogP contribution < -0.4 is 5.32 Å². The van der Waals surface area contributed by atoms with Crippen LogP contribution in [0.2, 0.25) is 0 Å². The van der Waals surface area contributed by atoms with Crippen LogP contribution in [-0.4, -0.2) is 33.8 Å². The van der Waals surface area contributed by atoms with Crippen molar-refractivity contribution in [2.24, 2.45) is 0 Å². The lowest BCUT2D eigenvalue weighted by Crippen LogP contribution is -2.35. The first-order valence-electron chi connectivity index (χ1n) is 5.89. The van der Waals surface area contributed by atoms with Crippen molar-refractivity contribution < 1.29 is 17.9 Å². The van der Waals surface area contributed by atoms with E-state index in [-0.39, 0.29) is 16.8 Å². The normalized spacial score (nSPS) is 14.7. The van der Waals surface area contributed by atoms with Gasteiger partial charge in [0.25, 0.3) is 0 Å². The second kappa shape index (κ2) is 6.16. The number of carbonyl (C=O) groups is 1. The first kappa shape index (κ1) is 15.7. The Balaban J connectivity index is 2.79. The van der Waals surface area contributed by atoms with Gasteiger partial charge in [-0.15, -0.1) is 0 Å². The lowest BCUT2D eigenvalue weighted by atomic mass is 10.1. The molecule has 2 atom stereocenters. The van der Waals surface area contributed by atoms with Crippen LogP contribution in [0.3, 0.4) is 0 Å². The van der Waals surface area contributed by atoms with Crippen molar-refractivity contribution in [1.82, 2.24) is 5.32 Å². The quantitative estimate of drug-likeness (QED) is 0.885. The van der Waals surface area contributed by atoms with Crippen molar-refractivity contribution in [3.63, 3.8) is 0 Å². The van der Waals surface area contributed by atoms with E-state index < -0.39 is 15.9 Å². The summed E-state index contributed by atoms with van der Waals surface area (Å²) in [5, 5.41) is 2.79. The van der Waals surface area contributed by atoms with Crippen LogP contribution in [0.25, 0.3) is 0 Å². The van der Waals surface area contributed by atoms with Gasteiger partial charge < -0.3 is 10.1 Å². The monoisotopic (exact) mass is 285 g/mol. The molecule has 0 aromatic heterocycles. The summed E-state index contributed by atoms with van der Waals surface area (Å²) in [6, 6.07) is 6.25. The average molecular weight is 285 g/mol. The number of sulfone groups is 1. The van der Waals surface area contributed by atoms with Gasteiger partial charge in [-0.25, -0.2) is 8.42 Å². The first-order valence-corrected chi connectivity index (χ1v) is 7.78. The van der Waals surface area contributed by atoms with Crippen LogP contribution >= 0.6 is 0 Å². The standard InChI is InChI=1S/C13H19NO4S/c1-9(14-13(15)10(2)18-3)11-5-7-12(8-6-11)19(4,16)17/h5-10H,1-4H3,(H,14,15). The Hall–Kier alpha value is -1.40. The zero-order valence-electron chi connectivity index (χ0n) is 11.5. The van der Waals surface area contributed by atoms with Gasteiger partial charge in [0.05, 0.1) is 10.9 Å². The molecule has 1 N–H and O–H groups in total. The van der Waals surface area contributed by atoms with Crippen LogP contribution in [0.1, 0.15) is 25.5 Å². The zero-order valence-corrected chi connectivity index (χ0v) is 12.3. The van der Waals surface area contributed by atoms with Crippen molar-refractivity contribution in [3.8, 4) is 0 Å². The summed E-state index contributed by atoms with van der Waals surface area (Å²) in [6.07, 6.45) is 0.644. The number of amides is 1. The molecule has 1 amide bonds. The number of hydrogen-bond donors (Lipinski definition) is 1. The summed E-state index contributed by atoms with van der Waals surface area (Å²) in [4.78, 5) is 11.9. The summed E-state index contributed by atoms with van der Waals surface area (Å²) < 4.78 is 27.6. The Morgan fingerprint density at radius 2 is 1.74 bits per heavy atom. The molecule has 0 aliphatic heterocycles. The van der Waals surface area contributed by atoms with E-state index in [1.165, 1.54) is 19.2 Å². The van der Waals surface area contributed by atoms with Gasteiger partial charge in [0.2, 0.25) is 5.91 Å². The van der Waals surface area contributed by atoms with Gasteiger partial charge in [-0.3, -0.25) is 4.79 Å². The highest BCUT2D eigenvalue weighted by atomic mass is 32.2. The van der Waals surface area contributed by atoms with Crippen molar-refractivity contribution in [3.05, 3.63) is 29.8 Å². The number of hydrogen-bond acceptors (Lipinski definition) is 4. The number of ether oxygens (including phenoxy) is 1. The Morgan fingerprint density at radius 1 is 1.21 bits per heavy atom. The van der Waals surface area contributed by atoms with Crippen molar-refractivity contribution in [2.45, 2.75) is 30.9 Å². The Morgan fingerprint density at radius 3 is 2.16 bits per heavy atom. The molecule has 0 bridgehead atoms. The summed E-state index contributed by atoms with van der Waals surface area (Å²) >= 11 is 0. The van der Waals surface area contributed by atoms with Crippen LogP contribution in [-0.2, 0) is 19.4 Å². The molecule has 0 saturated heterocycles. The third kappa shape index (κ3) is 4.33. The van der Waals surface area contributed by atoms with Crippen LogP contribution in [0.4, 0.5) is 0 Å². The fraction of sp³-hybridized carbons (Fsp3) is 0.462. The fourth-order valence-electron chi connectivity index (χ4n) is 1.52. The molecule has 0 saturated carbocycles. The van der Waals surface area contributed by atoms with E-state index in [1.54, 1.807) is 19.1 Å². The molecule has 1 aromatic carbocycles. The Bertz CT molecular complexity index is 536. The molecule has 19 heavy (non-hydrogen) atoms. The fourth-order valence-corrected chi connectivity index (χ4v) is 2.16. The molecule has 6 heteroatoms. The molecule has 0 aliphatic rings. The van der Waals surface area contributed by atoms with Crippen LogP contribution in [0.15, 0.2) is 29.2 Å². The lowest BCUT2D eigenvalue weighted by Gasteiger charge is -2.17.